The third-order valence-corrected chi connectivity index (χ3v) is 6.11. The van der Waals surface area contributed by atoms with Gasteiger partial charge in [0.2, 0.25) is 0 Å². The maximum absolute atomic E-state index is 13.3. The van der Waals surface area contributed by atoms with Crippen molar-refractivity contribution in [3.05, 3.63) is 88.4 Å². The fourth-order valence-electron chi connectivity index (χ4n) is 3.28. The topological polar surface area (TPSA) is 102 Å². The van der Waals surface area contributed by atoms with Crippen LogP contribution in [0.25, 0.3) is 16.3 Å². The smallest absolute Gasteiger partial charge is 0.325 e. The van der Waals surface area contributed by atoms with Crippen molar-refractivity contribution in [1.29, 1.82) is 0 Å². The van der Waals surface area contributed by atoms with E-state index in [-0.39, 0.29) is 18.7 Å². The van der Waals surface area contributed by atoms with E-state index in [0.29, 0.717) is 21.3 Å². The summed E-state index contributed by atoms with van der Waals surface area (Å²) in [7, 11) is 0. The van der Waals surface area contributed by atoms with E-state index in [9.17, 15) is 14.4 Å². The number of carbonyl (C=O) groups excluding carboxylic acids is 3. The molecule has 8 nitrogen and oxygen atoms in total. The van der Waals surface area contributed by atoms with Crippen LogP contribution in [0.2, 0.25) is 4.34 Å². The van der Waals surface area contributed by atoms with Crippen molar-refractivity contribution in [3.8, 4) is 16.3 Å². The molecule has 0 saturated carbocycles. The van der Waals surface area contributed by atoms with Crippen molar-refractivity contribution < 1.29 is 19.1 Å². The Bertz CT molecular complexity index is 1370. The number of amides is 2. The molecule has 0 unspecified atom stereocenters. The first-order valence-electron chi connectivity index (χ1n) is 10.7. The number of benzene rings is 2. The molecule has 2 aromatic carbocycles. The van der Waals surface area contributed by atoms with E-state index in [1.807, 2.05) is 36.4 Å². The van der Waals surface area contributed by atoms with E-state index < -0.39 is 17.8 Å². The fourth-order valence-corrected chi connectivity index (χ4v) is 4.32. The SMILES string of the molecule is CCOC(=O)CNC(=O)c1cccc(NC(=O)c2cn(-c3ccccc3)nc2-c2ccc(Cl)s2)c1. The molecule has 178 valence electrons. The summed E-state index contributed by atoms with van der Waals surface area (Å²) < 4.78 is 7.03. The van der Waals surface area contributed by atoms with Gasteiger partial charge >= 0.3 is 5.97 Å². The number of carbonyl (C=O) groups is 3. The molecule has 0 spiro atoms. The van der Waals surface area contributed by atoms with Crippen molar-refractivity contribution in [2.24, 2.45) is 0 Å². The van der Waals surface area contributed by atoms with E-state index in [4.69, 9.17) is 16.3 Å². The van der Waals surface area contributed by atoms with Gasteiger partial charge in [-0.15, -0.1) is 11.3 Å². The second kappa shape index (κ2) is 11.0. The number of ether oxygens (including phenoxy) is 1. The zero-order chi connectivity index (χ0) is 24.8. The van der Waals surface area contributed by atoms with Crippen LogP contribution in [0.5, 0.6) is 0 Å². The lowest BCUT2D eigenvalue weighted by Crippen LogP contribution is -2.30. The van der Waals surface area contributed by atoms with Gasteiger partial charge in [0.05, 0.1) is 27.1 Å². The molecule has 0 bridgehead atoms. The van der Waals surface area contributed by atoms with Crippen LogP contribution < -0.4 is 10.6 Å². The monoisotopic (exact) mass is 508 g/mol. The van der Waals surface area contributed by atoms with E-state index in [1.165, 1.54) is 17.4 Å². The first-order chi connectivity index (χ1) is 16.9. The van der Waals surface area contributed by atoms with Crippen molar-refractivity contribution in [3.63, 3.8) is 0 Å². The highest BCUT2D eigenvalue weighted by Crippen LogP contribution is 2.33. The van der Waals surface area contributed by atoms with E-state index >= 15 is 0 Å². The fraction of sp³-hybridized carbons (Fsp3) is 0.120. The van der Waals surface area contributed by atoms with Crippen LogP contribution in [0, 0.1) is 0 Å². The van der Waals surface area contributed by atoms with Crippen LogP contribution in [0.3, 0.4) is 0 Å². The van der Waals surface area contributed by atoms with Gasteiger partial charge in [-0.1, -0.05) is 35.9 Å². The largest absolute Gasteiger partial charge is 0.465 e. The molecule has 0 aliphatic rings. The summed E-state index contributed by atoms with van der Waals surface area (Å²) in [5, 5.41) is 9.96. The number of aromatic nitrogens is 2. The number of halogens is 1. The number of esters is 1. The molecule has 0 fully saturated rings. The summed E-state index contributed by atoms with van der Waals surface area (Å²) in [6.45, 7) is 1.68. The number of hydrogen-bond acceptors (Lipinski definition) is 6. The normalized spacial score (nSPS) is 10.6. The van der Waals surface area contributed by atoms with Gasteiger partial charge in [-0.2, -0.15) is 5.10 Å². The molecule has 2 heterocycles. The van der Waals surface area contributed by atoms with E-state index in [2.05, 4.69) is 15.7 Å². The molecule has 0 saturated heterocycles. The molecule has 2 N–H and O–H groups in total. The highest BCUT2D eigenvalue weighted by molar-refractivity contribution is 7.19. The summed E-state index contributed by atoms with van der Waals surface area (Å²) in [6, 6.07) is 19.4. The average Bonchev–Trinajstić information content (AvgIpc) is 3.50. The van der Waals surface area contributed by atoms with Gasteiger partial charge in [0, 0.05) is 17.4 Å². The maximum atomic E-state index is 13.3. The lowest BCUT2D eigenvalue weighted by atomic mass is 10.1. The van der Waals surface area contributed by atoms with Crippen LogP contribution in [-0.2, 0) is 9.53 Å². The van der Waals surface area contributed by atoms with E-state index in [0.717, 1.165) is 10.6 Å². The van der Waals surface area contributed by atoms with Gasteiger partial charge in [0.25, 0.3) is 11.8 Å². The lowest BCUT2D eigenvalue weighted by Gasteiger charge is -2.08. The van der Waals surface area contributed by atoms with Crippen molar-refractivity contribution in [2.45, 2.75) is 6.92 Å². The van der Waals surface area contributed by atoms with Gasteiger partial charge in [0.1, 0.15) is 12.2 Å². The molecule has 2 amide bonds. The Morgan fingerprint density at radius 2 is 1.83 bits per heavy atom. The summed E-state index contributed by atoms with van der Waals surface area (Å²) in [4.78, 5) is 37.9. The first-order valence-corrected chi connectivity index (χ1v) is 11.9. The third kappa shape index (κ3) is 5.95. The molecular weight excluding hydrogens is 488 g/mol. The van der Waals surface area contributed by atoms with Gasteiger partial charge in [-0.05, 0) is 49.4 Å². The molecule has 4 rings (SSSR count). The van der Waals surface area contributed by atoms with Gasteiger partial charge in [0.15, 0.2) is 0 Å². The van der Waals surface area contributed by atoms with Crippen LogP contribution in [-0.4, -0.2) is 40.7 Å². The minimum absolute atomic E-state index is 0.233. The zero-order valence-corrected chi connectivity index (χ0v) is 20.2. The quantitative estimate of drug-likeness (QED) is 0.333. The van der Waals surface area contributed by atoms with Gasteiger partial charge < -0.3 is 15.4 Å². The van der Waals surface area contributed by atoms with E-state index in [1.54, 1.807) is 42.1 Å². The lowest BCUT2D eigenvalue weighted by molar-refractivity contribution is -0.141. The number of nitrogens with one attached hydrogen (secondary N) is 2. The molecule has 0 radical (unpaired) electrons. The van der Waals surface area contributed by atoms with Crippen molar-refractivity contribution in [1.82, 2.24) is 15.1 Å². The Labute approximate surface area is 210 Å². The Morgan fingerprint density at radius 1 is 1.03 bits per heavy atom. The summed E-state index contributed by atoms with van der Waals surface area (Å²) in [6.07, 6.45) is 1.66. The minimum atomic E-state index is -0.526. The van der Waals surface area contributed by atoms with Crippen LogP contribution in [0.15, 0.2) is 72.9 Å². The predicted octanol–water partition coefficient (Wildman–Crippen LogP) is 4.80. The first kappa shape index (κ1) is 24.2. The molecule has 35 heavy (non-hydrogen) atoms. The molecule has 4 aromatic rings. The number of anilines is 1. The average molecular weight is 509 g/mol. The van der Waals surface area contributed by atoms with Crippen LogP contribution in [0.1, 0.15) is 27.6 Å². The number of para-hydroxylation sites is 1. The second-order valence-corrected chi connectivity index (χ2v) is 9.01. The van der Waals surface area contributed by atoms with Gasteiger partial charge in [-0.25, -0.2) is 4.68 Å². The molecule has 0 aliphatic carbocycles. The zero-order valence-electron chi connectivity index (χ0n) is 18.7. The highest BCUT2D eigenvalue weighted by atomic mass is 35.5. The number of thiophene rings is 1. The number of nitrogens with zero attached hydrogens (tertiary/aromatic N) is 2. The Balaban J connectivity index is 1.57. The summed E-state index contributed by atoms with van der Waals surface area (Å²) >= 11 is 7.45. The number of hydrogen-bond donors (Lipinski definition) is 2. The molecule has 0 atom stereocenters. The van der Waals surface area contributed by atoms with Gasteiger partial charge in [-0.3, -0.25) is 14.4 Å². The predicted molar refractivity (Wildman–Crippen MR) is 135 cm³/mol. The molecule has 2 aromatic heterocycles. The maximum Gasteiger partial charge on any atom is 0.325 e. The van der Waals surface area contributed by atoms with Crippen LogP contribution >= 0.6 is 22.9 Å². The molecule has 10 heteroatoms. The Hall–Kier alpha value is -3.95. The highest BCUT2D eigenvalue weighted by Gasteiger charge is 2.20. The summed E-state index contributed by atoms with van der Waals surface area (Å²) in [5.74, 6) is -1.38. The second-order valence-electron chi connectivity index (χ2n) is 7.30. The number of rotatable bonds is 8. The standard InChI is InChI=1S/C25H21ClN4O4S/c1-2-34-22(31)14-27-24(32)16-7-6-8-17(13-16)28-25(33)19-15-30(18-9-4-3-5-10-18)29-23(19)20-11-12-21(26)35-20/h3-13,15H,2,14H2,1H3,(H,27,32)(H,28,33). The summed E-state index contributed by atoms with van der Waals surface area (Å²) in [5.41, 5.74) is 2.35. The minimum Gasteiger partial charge on any atom is -0.465 e. The molecular formula is C25H21ClN4O4S. The van der Waals surface area contributed by atoms with Crippen LogP contribution in [0.4, 0.5) is 5.69 Å². The molecule has 0 aliphatic heterocycles. The third-order valence-electron chi connectivity index (χ3n) is 4.87. The van der Waals surface area contributed by atoms with Crippen molar-refractivity contribution in [2.75, 3.05) is 18.5 Å². The Morgan fingerprint density at radius 3 is 2.54 bits per heavy atom. The Kier molecular flexibility index (Phi) is 7.59. The van der Waals surface area contributed by atoms with Crippen molar-refractivity contribution >= 4 is 46.4 Å².